The van der Waals surface area contributed by atoms with Gasteiger partial charge in [-0.1, -0.05) is 66.2 Å². The summed E-state index contributed by atoms with van der Waals surface area (Å²) in [5.74, 6) is 0.246. The quantitative estimate of drug-likeness (QED) is 0.570. The van der Waals surface area contributed by atoms with Gasteiger partial charge >= 0.3 is 0 Å². The third-order valence-electron chi connectivity index (χ3n) is 4.93. The Morgan fingerprint density at radius 1 is 1.12 bits per heavy atom. The molecule has 0 saturated carbocycles. The highest BCUT2D eigenvalue weighted by molar-refractivity contribution is 6.31. The van der Waals surface area contributed by atoms with Crippen LogP contribution >= 0.6 is 11.6 Å². The number of hydrogen-bond acceptors (Lipinski definition) is 1. The molecule has 0 fully saturated rings. The molecule has 3 heteroatoms. The van der Waals surface area contributed by atoms with Gasteiger partial charge in [0.25, 0.3) is 0 Å². The number of allylic oxidation sites excluding steroid dienone is 1. The molecule has 130 valence electrons. The Hall–Kier alpha value is -2.06. The van der Waals surface area contributed by atoms with E-state index in [0.717, 1.165) is 36.3 Å². The molecular formula is C22H24ClNO. The summed E-state index contributed by atoms with van der Waals surface area (Å²) < 4.78 is 0. The Morgan fingerprint density at radius 2 is 1.88 bits per heavy atom. The number of nitrogens with one attached hydrogen (secondary N) is 1. The third-order valence-corrected chi connectivity index (χ3v) is 5.30. The lowest BCUT2D eigenvalue weighted by molar-refractivity contribution is -0.121. The van der Waals surface area contributed by atoms with Crippen LogP contribution in [0.25, 0.3) is 0 Å². The van der Waals surface area contributed by atoms with Crippen LogP contribution < -0.4 is 5.32 Å². The first-order valence-corrected chi connectivity index (χ1v) is 9.28. The Kier molecular flexibility index (Phi) is 5.93. The molecule has 0 bridgehead atoms. The molecule has 1 unspecified atom stereocenters. The van der Waals surface area contributed by atoms with Gasteiger partial charge in [0.05, 0.1) is 0 Å². The van der Waals surface area contributed by atoms with Crippen molar-refractivity contribution in [3.05, 3.63) is 82.4 Å². The zero-order valence-electron chi connectivity index (χ0n) is 14.4. The maximum Gasteiger partial charge on any atom is 0.220 e. The van der Waals surface area contributed by atoms with Gasteiger partial charge in [0.15, 0.2) is 0 Å². The fourth-order valence-corrected chi connectivity index (χ4v) is 3.74. The van der Waals surface area contributed by atoms with Crippen LogP contribution in [0, 0.1) is 0 Å². The maximum absolute atomic E-state index is 12.4. The predicted molar refractivity (Wildman–Crippen MR) is 104 cm³/mol. The number of carbonyl (C=O) groups excluding carboxylic acids is 1. The van der Waals surface area contributed by atoms with Crippen LogP contribution in [0.1, 0.15) is 41.9 Å². The van der Waals surface area contributed by atoms with E-state index < -0.39 is 0 Å². The number of aryl methyl sites for hydroxylation is 2. The molecule has 0 saturated heterocycles. The summed E-state index contributed by atoms with van der Waals surface area (Å²) in [4.78, 5) is 12.4. The van der Waals surface area contributed by atoms with Gasteiger partial charge in [-0.2, -0.15) is 0 Å². The molecule has 0 radical (unpaired) electrons. The van der Waals surface area contributed by atoms with Gasteiger partial charge in [-0.25, -0.2) is 0 Å². The lowest BCUT2D eigenvalue weighted by atomic mass is 9.78. The van der Waals surface area contributed by atoms with E-state index in [1.54, 1.807) is 0 Å². The van der Waals surface area contributed by atoms with Crippen LogP contribution in [-0.4, -0.2) is 12.5 Å². The second kappa shape index (κ2) is 8.35. The summed E-state index contributed by atoms with van der Waals surface area (Å²) in [5.41, 5.74) is 4.93. The van der Waals surface area contributed by atoms with Crippen LogP contribution in [-0.2, 0) is 17.6 Å². The van der Waals surface area contributed by atoms with Crippen LogP contribution in [0.5, 0.6) is 0 Å². The zero-order chi connectivity index (χ0) is 17.6. The molecule has 3 rings (SSSR count). The fourth-order valence-electron chi connectivity index (χ4n) is 3.51. The highest BCUT2D eigenvalue weighted by atomic mass is 35.5. The van der Waals surface area contributed by atoms with E-state index >= 15 is 0 Å². The van der Waals surface area contributed by atoms with Crippen LogP contribution in [0.2, 0.25) is 5.02 Å². The first-order valence-electron chi connectivity index (χ1n) is 8.90. The smallest absolute Gasteiger partial charge is 0.220 e. The average Bonchev–Trinajstić information content (AvgIpc) is 2.62. The van der Waals surface area contributed by atoms with Crippen molar-refractivity contribution in [3.8, 4) is 0 Å². The molecular weight excluding hydrogens is 330 g/mol. The number of carbonyl (C=O) groups is 1. The van der Waals surface area contributed by atoms with Crippen LogP contribution in [0.15, 0.2) is 60.7 Å². The number of halogens is 1. The Morgan fingerprint density at radius 3 is 2.72 bits per heavy atom. The summed E-state index contributed by atoms with van der Waals surface area (Å²) in [7, 11) is 0. The number of benzene rings is 2. The van der Waals surface area contributed by atoms with Crippen LogP contribution in [0.3, 0.4) is 0 Å². The molecule has 0 spiro atoms. The minimum Gasteiger partial charge on any atom is -0.356 e. The SMILES string of the molecule is C=C1CCc2ccccc2C1CC(=O)NCCCc1ccccc1Cl. The minimum absolute atomic E-state index is 0.0991. The van der Waals surface area contributed by atoms with Gasteiger partial charge in [0, 0.05) is 23.9 Å². The van der Waals surface area contributed by atoms with Crippen molar-refractivity contribution in [1.82, 2.24) is 5.32 Å². The third kappa shape index (κ3) is 4.52. The van der Waals surface area contributed by atoms with Gasteiger partial charge in [-0.3, -0.25) is 4.79 Å². The molecule has 0 aliphatic heterocycles. The number of rotatable bonds is 6. The van der Waals surface area contributed by atoms with Crippen molar-refractivity contribution in [1.29, 1.82) is 0 Å². The first kappa shape index (κ1) is 17.8. The van der Waals surface area contributed by atoms with E-state index in [0.29, 0.717) is 13.0 Å². The van der Waals surface area contributed by atoms with E-state index in [1.165, 1.54) is 16.7 Å². The molecule has 1 aliphatic carbocycles. The van der Waals surface area contributed by atoms with Gasteiger partial charge in [0.2, 0.25) is 5.91 Å². The molecule has 2 aromatic carbocycles. The second-order valence-corrected chi connectivity index (χ2v) is 7.07. The lowest BCUT2D eigenvalue weighted by Crippen LogP contribution is -2.27. The van der Waals surface area contributed by atoms with Gasteiger partial charge in [-0.05, 0) is 48.4 Å². The molecule has 25 heavy (non-hydrogen) atoms. The number of hydrogen-bond donors (Lipinski definition) is 1. The molecule has 2 aromatic rings. The molecule has 2 nitrogen and oxygen atoms in total. The highest BCUT2D eigenvalue weighted by Crippen LogP contribution is 2.36. The van der Waals surface area contributed by atoms with E-state index in [-0.39, 0.29) is 11.8 Å². The molecule has 1 aliphatic rings. The largest absolute Gasteiger partial charge is 0.356 e. The van der Waals surface area contributed by atoms with Crippen molar-refractivity contribution >= 4 is 17.5 Å². The monoisotopic (exact) mass is 353 g/mol. The summed E-state index contributed by atoms with van der Waals surface area (Å²) in [5, 5.41) is 3.84. The van der Waals surface area contributed by atoms with E-state index in [2.05, 4.69) is 30.1 Å². The van der Waals surface area contributed by atoms with Crippen molar-refractivity contribution in [2.24, 2.45) is 0 Å². The number of fused-ring (bicyclic) bond motifs is 1. The Balaban J connectivity index is 1.50. The van der Waals surface area contributed by atoms with Crippen molar-refractivity contribution < 1.29 is 4.79 Å². The fraction of sp³-hybridized carbons (Fsp3) is 0.318. The predicted octanol–water partition coefficient (Wildman–Crippen LogP) is 5.07. The topological polar surface area (TPSA) is 29.1 Å². The molecule has 1 amide bonds. The summed E-state index contributed by atoms with van der Waals surface area (Å²) in [6, 6.07) is 16.3. The van der Waals surface area contributed by atoms with E-state index in [1.807, 2.05) is 30.3 Å². The van der Waals surface area contributed by atoms with Crippen molar-refractivity contribution in [3.63, 3.8) is 0 Å². The van der Waals surface area contributed by atoms with Crippen molar-refractivity contribution in [2.75, 3.05) is 6.54 Å². The molecule has 0 aromatic heterocycles. The first-order chi connectivity index (χ1) is 12.1. The highest BCUT2D eigenvalue weighted by Gasteiger charge is 2.24. The Labute approximate surface area is 154 Å². The average molecular weight is 354 g/mol. The van der Waals surface area contributed by atoms with Gasteiger partial charge in [-0.15, -0.1) is 0 Å². The lowest BCUT2D eigenvalue weighted by Gasteiger charge is -2.27. The maximum atomic E-state index is 12.4. The summed E-state index contributed by atoms with van der Waals surface area (Å²) >= 11 is 6.16. The zero-order valence-corrected chi connectivity index (χ0v) is 15.2. The summed E-state index contributed by atoms with van der Waals surface area (Å²) in [6.07, 6.45) is 4.25. The second-order valence-electron chi connectivity index (χ2n) is 6.66. The van der Waals surface area contributed by atoms with Gasteiger partial charge in [0.1, 0.15) is 0 Å². The minimum atomic E-state index is 0.0991. The summed E-state index contributed by atoms with van der Waals surface area (Å²) in [6.45, 7) is 4.87. The van der Waals surface area contributed by atoms with E-state index in [4.69, 9.17) is 11.6 Å². The standard InChI is InChI=1S/C22H24ClNO/c1-16-12-13-17-7-2-4-10-19(17)20(16)15-22(25)24-14-6-9-18-8-3-5-11-21(18)23/h2-5,7-8,10-11,20H,1,6,9,12-15H2,(H,24,25). The molecule has 1 N–H and O–H groups in total. The Bertz CT molecular complexity index is 768. The van der Waals surface area contributed by atoms with Crippen molar-refractivity contribution in [2.45, 2.75) is 38.0 Å². The van der Waals surface area contributed by atoms with Gasteiger partial charge < -0.3 is 5.32 Å². The normalized spacial score (nSPS) is 16.4. The molecule has 0 heterocycles. The van der Waals surface area contributed by atoms with Crippen LogP contribution in [0.4, 0.5) is 0 Å². The number of amides is 1. The van der Waals surface area contributed by atoms with E-state index in [9.17, 15) is 4.79 Å². The molecule has 1 atom stereocenters.